The van der Waals surface area contributed by atoms with E-state index in [0.717, 1.165) is 16.7 Å². The van der Waals surface area contributed by atoms with Gasteiger partial charge in [-0.05, 0) is 60.5 Å². The molecule has 32 heavy (non-hydrogen) atoms. The molecule has 1 aliphatic heterocycles. The van der Waals surface area contributed by atoms with Crippen molar-refractivity contribution < 1.29 is 18.7 Å². The van der Waals surface area contributed by atoms with Gasteiger partial charge in [-0.3, -0.25) is 9.59 Å². The van der Waals surface area contributed by atoms with Gasteiger partial charge in [0.05, 0.1) is 6.42 Å². The molecule has 1 heterocycles. The number of hydrogen-bond donors (Lipinski definition) is 1. The Labute approximate surface area is 190 Å². The van der Waals surface area contributed by atoms with Gasteiger partial charge < -0.3 is 15.0 Å². The van der Waals surface area contributed by atoms with Crippen LogP contribution < -0.4 is 10.1 Å². The number of fused-ring (bicyclic) bond motifs is 1. The van der Waals surface area contributed by atoms with E-state index in [1.54, 1.807) is 48.2 Å². The number of hydrogen-bond acceptors (Lipinski definition) is 3. The van der Waals surface area contributed by atoms with Crippen LogP contribution in [0.3, 0.4) is 0 Å². The predicted octanol–water partition coefficient (Wildman–Crippen LogP) is 4.97. The Morgan fingerprint density at radius 1 is 1.09 bits per heavy atom. The fourth-order valence-corrected chi connectivity index (χ4v) is 3.74. The summed E-state index contributed by atoms with van der Waals surface area (Å²) < 4.78 is 18.9. The first-order chi connectivity index (χ1) is 15.4. The summed E-state index contributed by atoms with van der Waals surface area (Å²) in [7, 11) is 0. The molecule has 0 saturated carbocycles. The first-order valence-electron chi connectivity index (χ1n) is 10.2. The molecule has 0 aliphatic carbocycles. The number of nitrogens with zero attached hydrogens (tertiary/aromatic N) is 1. The summed E-state index contributed by atoms with van der Waals surface area (Å²) in [5.74, 6) is -0.0561. The Morgan fingerprint density at radius 3 is 2.50 bits per heavy atom. The first-order valence-corrected chi connectivity index (χ1v) is 10.6. The highest BCUT2D eigenvalue weighted by molar-refractivity contribution is 6.30. The molecular weight excluding hydrogens is 431 g/mol. The summed E-state index contributed by atoms with van der Waals surface area (Å²) in [5, 5.41) is 3.50. The van der Waals surface area contributed by atoms with E-state index in [1.165, 1.54) is 12.1 Å². The maximum absolute atomic E-state index is 13.1. The van der Waals surface area contributed by atoms with Crippen LogP contribution in [0.15, 0.2) is 66.7 Å². The zero-order chi connectivity index (χ0) is 22.7. The molecule has 2 amide bonds. The van der Waals surface area contributed by atoms with Crippen LogP contribution in [0.25, 0.3) is 0 Å². The van der Waals surface area contributed by atoms with Gasteiger partial charge >= 0.3 is 0 Å². The molecule has 5 nitrogen and oxygen atoms in total. The summed E-state index contributed by atoms with van der Waals surface area (Å²) in [6.07, 6.45) is -0.492. The van der Waals surface area contributed by atoms with Crippen LogP contribution in [0.2, 0.25) is 5.02 Å². The van der Waals surface area contributed by atoms with Crippen LogP contribution in [-0.2, 0) is 29.1 Å². The van der Waals surface area contributed by atoms with Crippen LogP contribution in [-0.4, -0.2) is 22.8 Å². The minimum atomic E-state index is -0.623. The Balaban J connectivity index is 1.50. The molecular formula is C25H22ClFN2O3. The molecule has 0 saturated heterocycles. The Hall–Kier alpha value is -3.38. The molecule has 7 heteroatoms. The Morgan fingerprint density at radius 2 is 1.78 bits per heavy atom. The average molecular weight is 453 g/mol. The number of carbonyl (C=O) groups is 2. The highest BCUT2D eigenvalue weighted by Crippen LogP contribution is 2.29. The summed E-state index contributed by atoms with van der Waals surface area (Å²) in [6.45, 7) is 2.50. The molecule has 0 spiro atoms. The van der Waals surface area contributed by atoms with Crippen LogP contribution in [0.4, 0.5) is 10.1 Å². The van der Waals surface area contributed by atoms with Crippen molar-refractivity contribution in [2.75, 3.05) is 5.32 Å². The van der Waals surface area contributed by atoms with Gasteiger partial charge in [-0.15, -0.1) is 0 Å². The summed E-state index contributed by atoms with van der Waals surface area (Å²) in [5.41, 5.74) is 3.09. The summed E-state index contributed by atoms with van der Waals surface area (Å²) in [4.78, 5) is 27.0. The molecule has 1 atom stereocenters. The standard InChI is InChI=1S/C25H22ClFN2O3/c1-16-25(31)29(14-18-2-6-20(26)7-3-18)15-19-13-22(10-11-23(19)32-16)28-24(30)12-17-4-8-21(27)9-5-17/h2-11,13,16H,12,14-15H2,1H3,(H,28,30). The smallest absolute Gasteiger partial charge is 0.263 e. The van der Waals surface area contributed by atoms with E-state index >= 15 is 0 Å². The zero-order valence-corrected chi connectivity index (χ0v) is 18.2. The lowest BCUT2D eigenvalue weighted by Crippen LogP contribution is -2.37. The number of carbonyl (C=O) groups excluding carboxylic acids is 2. The van der Waals surface area contributed by atoms with E-state index in [-0.39, 0.29) is 24.1 Å². The van der Waals surface area contributed by atoms with Crippen molar-refractivity contribution in [3.05, 3.63) is 94.3 Å². The first kappa shape index (κ1) is 21.8. The third kappa shape index (κ3) is 5.26. The molecule has 3 aromatic rings. The largest absolute Gasteiger partial charge is 0.481 e. The lowest BCUT2D eigenvalue weighted by molar-refractivity contribution is -0.138. The number of halogens is 2. The van der Waals surface area contributed by atoms with Gasteiger partial charge in [0.1, 0.15) is 11.6 Å². The van der Waals surface area contributed by atoms with E-state index in [2.05, 4.69) is 5.32 Å². The van der Waals surface area contributed by atoms with Crippen LogP contribution in [0.5, 0.6) is 5.75 Å². The minimum Gasteiger partial charge on any atom is -0.481 e. The number of amides is 2. The highest BCUT2D eigenvalue weighted by Gasteiger charge is 2.28. The quantitative estimate of drug-likeness (QED) is 0.594. The van der Waals surface area contributed by atoms with Gasteiger partial charge in [0.25, 0.3) is 5.91 Å². The van der Waals surface area contributed by atoms with E-state index in [4.69, 9.17) is 16.3 Å². The van der Waals surface area contributed by atoms with E-state index in [1.807, 2.05) is 18.2 Å². The molecule has 164 valence electrons. The van der Waals surface area contributed by atoms with Crippen molar-refractivity contribution in [2.45, 2.75) is 32.5 Å². The summed E-state index contributed by atoms with van der Waals surface area (Å²) in [6, 6.07) is 18.5. The Kier molecular flexibility index (Phi) is 6.42. The third-order valence-corrected chi connectivity index (χ3v) is 5.49. The number of benzene rings is 3. The molecule has 3 aromatic carbocycles. The minimum absolute atomic E-state index is 0.113. The van der Waals surface area contributed by atoms with Crippen molar-refractivity contribution in [1.82, 2.24) is 4.90 Å². The van der Waals surface area contributed by atoms with Crippen molar-refractivity contribution in [3.8, 4) is 5.75 Å². The van der Waals surface area contributed by atoms with Gasteiger partial charge in [0.15, 0.2) is 6.10 Å². The lowest BCUT2D eigenvalue weighted by atomic mass is 10.1. The monoisotopic (exact) mass is 452 g/mol. The predicted molar refractivity (Wildman–Crippen MR) is 121 cm³/mol. The van der Waals surface area contributed by atoms with Crippen LogP contribution in [0, 0.1) is 5.82 Å². The van der Waals surface area contributed by atoms with Crippen molar-refractivity contribution in [1.29, 1.82) is 0 Å². The second-order valence-corrected chi connectivity index (χ2v) is 8.19. The number of rotatable bonds is 5. The SMILES string of the molecule is CC1Oc2ccc(NC(=O)Cc3ccc(F)cc3)cc2CN(Cc2ccc(Cl)cc2)C1=O. The number of nitrogens with one attached hydrogen (secondary N) is 1. The molecule has 1 N–H and O–H groups in total. The Bertz CT molecular complexity index is 1130. The van der Waals surface area contributed by atoms with Gasteiger partial charge in [-0.25, -0.2) is 4.39 Å². The molecule has 1 unspecified atom stereocenters. The van der Waals surface area contributed by atoms with Crippen LogP contribution >= 0.6 is 11.6 Å². The number of anilines is 1. The second kappa shape index (κ2) is 9.40. The van der Waals surface area contributed by atoms with Gasteiger partial charge in [0, 0.05) is 29.4 Å². The van der Waals surface area contributed by atoms with Gasteiger partial charge in [0.2, 0.25) is 5.91 Å². The van der Waals surface area contributed by atoms with Crippen LogP contribution in [0.1, 0.15) is 23.6 Å². The molecule has 0 aromatic heterocycles. The van der Waals surface area contributed by atoms with Crippen molar-refractivity contribution in [2.24, 2.45) is 0 Å². The fraction of sp³-hybridized carbons (Fsp3) is 0.200. The van der Waals surface area contributed by atoms with E-state index in [0.29, 0.717) is 29.5 Å². The third-order valence-electron chi connectivity index (χ3n) is 5.23. The van der Waals surface area contributed by atoms with Gasteiger partial charge in [-0.2, -0.15) is 0 Å². The molecule has 1 aliphatic rings. The maximum Gasteiger partial charge on any atom is 0.263 e. The maximum atomic E-state index is 13.1. The van der Waals surface area contributed by atoms with E-state index in [9.17, 15) is 14.0 Å². The average Bonchev–Trinajstić information content (AvgIpc) is 2.88. The lowest BCUT2D eigenvalue weighted by Gasteiger charge is -2.22. The van der Waals surface area contributed by atoms with Crippen molar-refractivity contribution >= 4 is 29.1 Å². The summed E-state index contributed by atoms with van der Waals surface area (Å²) >= 11 is 5.96. The second-order valence-electron chi connectivity index (χ2n) is 7.75. The molecule has 0 bridgehead atoms. The van der Waals surface area contributed by atoms with Gasteiger partial charge in [-0.1, -0.05) is 35.9 Å². The van der Waals surface area contributed by atoms with Crippen molar-refractivity contribution in [3.63, 3.8) is 0 Å². The normalized spacial score (nSPS) is 15.5. The highest BCUT2D eigenvalue weighted by atomic mass is 35.5. The molecule has 0 fully saturated rings. The molecule has 0 radical (unpaired) electrons. The molecule has 4 rings (SSSR count). The topological polar surface area (TPSA) is 58.6 Å². The zero-order valence-electron chi connectivity index (χ0n) is 17.5. The number of ether oxygens (including phenoxy) is 1. The fourth-order valence-electron chi connectivity index (χ4n) is 3.61. The van der Waals surface area contributed by atoms with E-state index < -0.39 is 6.10 Å².